The summed E-state index contributed by atoms with van der Waals surface area (Å²) >= 11 is 6.01. The minimum Gasteiger partial charge on any atom is -0.488 e. The van der Waals surface area contributed by atoms with Crippen molar-refractivity contribution >= 4 is 11.6 Å². The molecule has 0 heterocycles. The molecule has 0 aliphatic carbocycles. The van der Waals surface area contributed by atoms with Crippen molar-refractivity contribution in [3.05, 3.63) is 28.8 Å². The summed E-state index contributed by atoms with van der Waals surface area (Å²) in [7, 11) is 0. The average Bonchev–Trinajstić information content (AvgIpc) is 2.09. The first-order valence-corrected chi connectivity index (χ1v) is 5.07. The summed E-state index contributed by atoms with van der Waals surface area (Å²) in [5.41, 5.74) is 6.82. The van der Waals surface area contributed by atoms with E-state index in [2.05, 4.69) is 0 Å². The minimum atomic E-state index is -0.0322. The van der Waals surface area contributed by atoms with Crippen LogP contribution in [0.3, 0.4) is 0 Å². The van der Waals surface area contributed by atoms with Crippen LogP contribution in [0, 0.1) is 6.92 Å². The molecule has 0 amide bonds. The van der Waals surface area contributed by atoms with E-state index in [4.69, 9.17) is 22.1 Å². The summed E-state index contributed by atoms with van der Waals surface area (Å²) in [5.74, 6) is 0.696. The molecule has 14 heavy (non-hydrogen) atoms. The number of benzene rings is 1. The summed E-state index contributed by atoms with van der Waals surface area (Å²) in [5, 5.41) is 0.637. The second-order valence-corrected chi connectivity index (χ2v) is 4.02. The molecule has 0 bridgehead atoms. The third kappa shape index (κ3) is 2.89. The number of nitrogens with two attached hydrogens (primary N) is 1. The fraction of sp³-hybridized carbons (Fsp3) is 0.455. The Labute approximate surface area is 90.0 Å². The number of halogens is 1. The average molecular weight is 214 g/mol. The lowest BCUT2D eigenvalue weighted by Crippen LogP contribution is -2.33. The van der Waals surface area contributed by atoms with Gasteiger partial charge >= 0.3 is 0 Å². The van der Waals surface area contributed by atoms with E-state index in [1.807, 2.05) is 39.0 Å². The minimum absolute atomic E-state index is 0.00707. The van der Waals surface area contributed by atoms with Crippen LogP contribution < -0.4 is 10.5 Å². The topological polar surface area (TPSA) is 35.2 Å². The molecule has 1 aromatic rings. The molecule has 0 saturated carbocycles. The molecule has 0 aromatic heterocycles. The SMILES string of the molecule is Cc1ccc(OC(C)C(C)N)c(Cl)c1. The van der Waals surface area contributed by atoms with Gasteiger partial charge in [-0.2, -0.15) is 0 Å². The van der Waals surface area contributed by atoms with Gasteiger partial charge in [-0.15, -0.1) is 0 Å². The van der Waals surface area contributed by atoms with Gasteiger partial charge in [0.25, 0.3) is 0 Å². The first-order valence-electron chi connectivity index (χ1n) is 4.69. The van der Waals surface area contributed by atoms with Gasteiger partial charge in [0.05, 0.1) is 5.02 Å². The summed E-state index contributed by atoms with van der Waals surface area (Å²) < 4.78 is 5.60. The Morgan fingerprint density at radius 3 is 2.50 bits per heavy atom. The Morgan fingerprint density at radius 1 is 1.36 bits per heavy atom. The van der Waals surface area contributed by atoms with Crippen molar-refractivity contribution in [3.63, 3.8) is 0 Å². The second kappa shape index (κ2) is 4.67. The van der Waals surface area contributed by atoms with Crippen molar-refractivity contribution in [2.24, 2.45) is 5.73 Å². The molecule has 3 heteroatoms. The molecule has 0 saturated heterocycles. The van der Waals surface area contributed by atoms with Crippen LogP contribution in [0.5, 0.6) is 5.75 Å². The summed E-state index contributed by atoms with van der Waals surface area (Å²) in [6.07, 6.45) is -0.0322. The highest BCUT2D eigenvalue weighted by Gasteiger charge is 2.10. The van der Waals surface area contributed by atoms with Crippen molar-refractivity contribution in [1.82, 2.24) is 0 Å². The van der Waals surface area contributed by atoms with Crippen LogP contribution in [0.2, 0.25) is 5.02 Å². The van der Waals surface area contributed by atoms with Gasteiger partial charge < -0.3 is 10.5 Å². The van der Waals surface area contributed by atoms with Gasteiger partial charge in [-0.05, 0) is 38.5 Å². The monoisotopic (exact) mass is 213 g/mol. The fourth-order valence-electron chi connectivity index (χ4n) is 1.01. The Bertz CT molecular complexity index is 312. The normalized spacial score (nSPS) is 14.9. The quantitative estimate of drug-likeness (QED) is 0.838. The van der Waals surface area contributed by atoms with Gasteiger partial charge in [-0.1, -0.05) is 17.7 Å². The zero-order chi connectivity index (χ0) is 10.7. The Morgan fingerprint density at radius 2 is 2.00 bits per heavy atom. The molecule has 1 rings (SSSR count). The van der Waals surface area contributed by atoms with Crippen LogP contribution in [-0.4, -0.2) is 12.1 Å². The largest absolute Gasteiger partial charge is 0.488 e. The van der Waals surface area contributed by atoms with E-state index < -0.39 is 0 Å². The summed E-state index contributed by atoms with van der Waals surface area (Å²) in [6.45, 7) is 5.83. The van der Waals surface area contributed by atoms with Gasteiger partial charge in [0.1, 0.15) is 11.9 Å². The van der Waals surface area contributed by atoms with E-state index in [0.717, 1.165) is 5.56 Å². The van der Waals surface area contributed by atoms with E-state index in [-0.39, 0.29) is 12.1 Å². The van der Waals surface area contributed by atoms with Crippen molar-refractivity contribution < 1.29 is 4.74 Å². The highest BCUT2D eigenvalue weighted by Crippen LogP contribution is 2.26. The molecular formula is C11H16ClNO. The van der Waals surface area contributed by atoms with Crippen molar-refractivity contribution in [2.45, 2.75) is 32.9 Å². The predicted octanol–water partition coefficient (Wildman–Crippen LogP) is 2.76. The molecule has 0 radical (unpaired) electrons. The van der Waals surface area contributed by atoms with Gasteiger partial charge in [-0.3, -0.25) is 0 Å². The Kier molecular flexibility index (Phi) is 3.78. The van der Waals surface area contributed by atoms with E-state index in [9.17, 15) is 0 Å². The van der Waals surface area contributed by atoms with Crippen LogP contribution in [0.4, 0.5) is 0 Å². The molecule has 2 unspecified atom stereocenters. The first kappa shape index (κ1) is 11.3. The van der Waals surface area contributed by atoms with Crippen LogP contribution in [0.15, 0.2) is 18.2 Å². The maximum Gasteiger partial charge on any atom is 0.138 e. The number of aryl methyl sites for hydroxylation is 1. The first-order chi connectivity index (χ1) is 6.50. The number of ether oxygens (including phenoxy) is 1. The van der Waals surface area contributed by atoms with Gasteiger partial charge in [0, 0.05) is 6.04 Å². The van der Waals surface area contributed by atoms with Crippen molar-refractivity contribution in [2.75, 3.05) is 0 Å². The van der Waals surface area contributed by atoms with E-state index in [1.165, 1.54) is 0 Å². The van der Waals surface area contributed by atoms with E-state index >= 15 is 0 Å². The van der Waals surface area contributed by atoms with Crippen molar-refractivity contribution in [1.29, 1.82) is 0 Å². The number of hydrogen-bond donors (Lipinski definition) is 1. The molecule has 2 nitrogen and oxygen atoms in total. The van der Waals surface area contributed by atoms with Crippen LogP contribution in [0.25, 0.3) is 0 Å². The Hall–Kier alpha value is -0.730. The van der Waals surface area contributed by atoms with E-state index in [1.54, 1.807) is 0 Å². The third-order valence-corrected chi connectivity index (χ3v) is 2.44. The molecule has 2 N–H and O–H groups in total. The maximum absolute atomic E-state index is 6.01. The Balaban J connectivity index is 2.77. The second-order valence-electron chi connectivity index (χ2n) is 3.62. The molecule has 0 aliphatic rings. The van der Waals surface area contributed by atoms with Gasteiger partial charge in [-0.25, -0.2) is 0 Å². The molecule has 0 spiro atoms. The lowest BCUT2D eigenvalue weighted by molar-refractivity contribution is 0.197. The van der Waals surface area contributed by atoms with Crippen LogP contribution >= 0.6 is 11.6 Å². The molecular weight excluding hydrogens is 198 g/mol. The number of rotatable bonds is 3. The van der Waals surface area contributed by atoms with Gasteiger partial charge in [0.2, 0.25) is 0 Å². The molecule has 78 valence electrons. The summed E-state index contributed by atoms with van der Waals surface area (Å²) in [6, 6.07) is 5.71. The van der Waals surface area contributed by atoms with Crippen molar-refractivity contribution in [3.8, 4) is 5.75 Å². The highest BCUT2D eigenvalue weighted by atomic mass is 35.5. The summed E-state index contributed by atoms with van der Waals surface area (Å²) in [4.78, 5) is 0. The molecule has 0 aliphatic heterocycles. The standard InChI is InChI=1S/C11H16ClNO/c1-7-4-5-11(10(12)6-7)14-9(3)8(2)13/h4-6,8-9H,13H2,1-3H3. The zero-order valence-corrected chi connectivity index (χ0v) is 9.51. The lowest BCUT2D eigenvalue weighted by atomic mass is 10.2. The maximum atomic E-state index is 6.01. The van der Waals surface area contributed by atoms with Crippen LogP contribution in [0.1, 0.15) is 19.4 Å². The number of hydrogen-bond acceptors (Lipinski definition) is 2. The zero-order valence-electron chi connectivity index (χ0n) is 8.75. The molecule has 1 aromatic carbocycles. The lowest BCUT2D eigenvalue weighted by Gasteiger charge is -2.18. The highest BCUT2D eigenvalue weighted by molar-refractivity contribution is 6.32. The molecule has 2 atom stereocenters. The molecule has 0 fully saturated rings. The van der Waals surface area contributed by atoms with Crippen LogP contribution in [-0.2, 0) is 0 Å². The van der Waals surface area contributed by atoms with E-state index in [0.29, 0.717) is 10.8 Å². The van der Waals surface area contributed by atoms with Gasteiger partial charge in [0.15, 0.2) is 0 Å². The smallest absolute Gasteiger partial charge is 0.138 e. The third-order valence-electron chi connectivity index (χ3n) is 2.14. The fourth-order valence-corrected chi connectivity index (χ4v) is 1.29. The predicted molar refractivity (Wildman–Crippen MR) is 59.9 cm³/mol.